The van der Waals surface area contributed by atoms with Crippen LogP contribution < -0.4 is 0 Å². The van der Waals surface area contributed by atoms with E-state index in [4.69, 9.17) is 14.2 Å². The Balaban J connectivity index is 4.03. The van der Waals surface area contributed by atoms with E-state index in [9.17, 15) is 14.4 Å². The quantitative estimate of drug-likeness (QED) is 0.0262. The fraction of sp³-hybridized carbons (Fsp3) is 0.754. The molecule has 67 heavy (non-hydrogen) atoms. The third kappa shape index (κ3) is 53.7. The zero-order valence-electron chi connectivity index (χ0n) is 44.2. The average Bonchev–Trinajstić information content (AvgIpc) is 3.33. The fourth-order valence-electron chi connectivity index (χ4n) is 7.98. The SMILES string of the molecule is CC/C=C\C/C=C\C/C=C\C/C=C\C/C=C\C/C=C\CCCCCCCCCCCCCCC(=O)OCC(COC(=O)CCCCCCCCC)OC(=O)CCCCCCCCCCCCC. The van der Waals surface area contributed by atoms with E-state index in [2.05, 4.69) is 93.7 Å². The van der Waals surface area contributed by atoms with E-state index in [0.717, 1.165) is 96.3 Å². The zero-order chi connectivity index (χ0) is 48.6. The molecule has 0 aliphatic heterocycles. The maximum atomic E-state index is 12.7. The summed E-state index contributed by atoms with van der Waals surface area (Å²) in [4.78, 5) is 37.8. The molecule has 0 saturated carbocycles. The summed E-state index contributed by atoms with van der Waals surface area (Å²) in [6.45, 7) is 6.48. The van der Waals surface area contributed by atoms with Gasteiger partial charge in [-0.25, -0.2) is 0 Å². The molecule has 0 radical (unpaired) electrons. The molecule has 0 rings (SSSR count). The molecule has 1 atom stereocenters. The first-order valence-electron chi connectivity index (χ1n) is 28.4. The van der Waals surface area contributed by atoms with Crippen molar-refractivity contribution in [3.05, 3.63) is 72.9 Å². The molecule has 6 nitrogen and oxygen atoms in total. The van der Waals surface area contributed by atoms with Gasteiger partial charge in [0.1, 0.15) is 13.2 Å². The molecule has 386 valence electrons. The lowest BCUT2D eigenvalue weighted by Gasteiger charge is -2.18. The van der Waals surface area contributed by atoms with Gasteiger partial charge in [0.25, 0.3) is 0 Å². The molecule has 0 aromatic heterocycles. The van der Waals surface area contributed by atoms with Crippen LogP contribution in [0.4, 0.5) is 0 Å². The monoisotopic (exact) mass is 935 g/mol. The third-order valence-corrected chi connectivity index (χ3v) is 12.2. The number of allylic oxidation sites excluding steroid dienone is 12. The largest absolute Gasteiger partial charge is 0.462 e. The van der Waals surface area contributed by atoms with Crippen molar-refractivity contribution < 1.29 is 28.6 Å². The topological polar surface area (TPSA) is 78.9 Å². The van der Waals surface area contributed by atoms with Crippen molar-refractivity contribution in [3.63, 3.8) is 0 Å². The number of unbranched alkanes of at least 4 members (excludes halogenated alkanes) is 28. The second-order valence-corrected chi connectivity index (χ2v) is 18.8. The molecule has 0 aliphatic carbocycles. The van der Waals surface area contributed by atoms with Crippen molar-refractivity contribution in [1.82, 2.24) is 0 Å². The summed E-state index contributed by atoms with van der Waals surface area (Å²) in [7, 11) is 0. The maximum Gasteiger partial charge on any atom is 0.306 e. The van der Waals surface area contributed by atoms with Gasteiger partial charge >= 0.3 is 17.9 Å². The third-order valence-electron chi connectivity index (χ3n) is 12.2. The Bertz CT molecular complexity index is 1260. The van der Waals surface area contributed by atoms with Gasteiger partial charge in [-0.1, -0.05) is 261 Å². The van der Waals surface area contributed by atoms with E-state index in [1.807, 2.05) is 0 Å². The van der Waals surface area contributed by atoms with Crippen LogP contribution in [0.1, 0.15) is 278 Å². The van der Waals surface area contributed by atoms with Gasteiger partial charge in [0.15, 0.2) is 6.10 Å². The van der Waals surface area contributed by atoms with Gasteiger partial charge in [-0.15, -0.1) is 0 Å². The Hall–Kier alpha value is -3.15. The van der Waals surface area contributed by atoms with Crippen LogP contribution in [-0.4, -0.2) is 37.2 Å². The second kappa shape index (κ2) is 55.4. The molecule has 0 aromatic rings. The minimum atomic E-state index is -0.768. The molecule has 0 aliphatic rings. The number of hydrogen-bond donors (Lipinski definition) is 0. The molecule has 0 bridgehead atoms. The van der Waals surface area contributed by atoms with Crippen molar-refractivity contribution in [2.45, 2.75) is 284 Å². The first-order valence-corrected chi connectivity index (χ1v) is 28.4. The highest BCUT2D eigenvalue weighted by Crippen LogP contribution is 2.16. The van der Waals surface area contributed by atoms with Gasteiger partial charge in [0, 0.05) is 19.3 Å². The molecule has 0 aromatic carbocycles. The van der Waals surface area contributed by atoms with Crippen LogP contribution in [-0.2, 0) is 28.6 Å². The highest BCUT2D eigenvalue weighted by atomic mass is 16.6. The number of carbonyl (C=O) groups is 3. The summed E-state index contributed by atoms with van der Waals surface area (Å²) < 4.78 is 16.7. The van der Waals surface area contributed by atoms with Crippen LogP contribution in [0.15, 0.2) is 72.9 Å². The van der Waals surface area contributed by atoms with Crippen LogP contribution >= 0.6 is 0 Å². The number of esters is 3. The van der Waals surface area contributed by atoms with Crippen LogP contribution in [0.25, 0.3) is 0 Å². The van der Waals surface area contributed by atoms with Crippen molar-refractivity contribution >= 4 is 17.9 Å². The highest BCUT2D eigenvalue weighted by molar-refractivity contribution is 5.71. The van der Waals surface area contributed by atoms with Crippen LogP contribution in [0.5, 0.6) is 0 Å². The van der Waals surface area contributed by atoms with Crippen molar-refractivity contribution in [1.29, 1.82) is 0 Å². The smallest absolute Gasteiger partial charge is 0.306 e. The first kappa shape index (κ1) is 63.8. The molecule has 0 saturated heterocycles. The van der Waals surface area contributed by atoms with Gasteiger partial charge in [0.2, 0.25) is 0 Å². The van der Waals surface area contributed by atoms with Gasteiger partial charge < -0.3 is 14.2 Å². The summed E-state index contributed by atoms with van der Waals surface area (Å²) in [6.07, 6.45) is 70.7. The predicted octanol–water partition coefficient (Wildman–Crippen LogP) is 19.0. The normalized spacial score (nSPS) is 12.6. The van der Waals surface area contributed by atoms with E-state index in [1.54, 1.807) is 0 Å². The molecule has 0 heterocycles. The van der Waals surface area contributed by atoms with Crippen molar-refractivity contribution in [2.24, 2.45) is 0 Å². The summed E-state index contributed by atoms with van der Waals surface area (Å²) >= 11 is 0. The molecule has 0 spiro atoms. The Labute approximate surface area is 414 Å². The van der Waals surface area contributed by atoms with E-state index in [1.165, 1.54) is 141 Å². The Morgan fingerprint density at radius 3 is 0.910 bits per heavy atom. The Morgan fingerprint density at radius 1 is 0.313 bits per heavy atom. The summed E-state index contributed by atoms with van der Waals surface area (Å²) in [6, 6.07) is 0. The average molecular weight is 936 g/mol. The second-order valence-electron chi connectivity index (χ2n) is 18.8. The van der Waals surface area contributed by atoms with Crippen molar-refractivity contribution in [2.75, 3.05) is 13.2 Å². The lowest BCUT2D eigenvalue weighted by Crippen LogP contribution is -2.30. The summed E-state index contributed by atoms with van der Waals surface area (Å²) in [5, 5.41) is 0. The molecular formula is C61H106O6. The molecule has 0 fully saturated rings. The minimum Gasteiger partial charge on any atom is -0.462 e. The fourth-order valence-corrected chi connectivity index (χ4v) is 7.98. The van der Waals surface area contributed by atoms with Gasteiger partial charge in [-0.2, -0.15) is 0 Å². The summed E-state index contributed by atoms with van der Waals surface area (Å²) in [5.41, 5.74) is 0. The molecule has 1 unspecified atom stereocenters. The van der Waals surface area contributed by atoms with Crippen LogP contribution in [0.2, 0.25) is 0 Å². The summed E-state index contributed by atoms with van der Waals surface area (Å²) in [5.74, 6) is -0.874. The minimum absolute atomic E-state index is 0.0717. The maximum absolute atomic E-state index is 12.7. The van der Waals surface area contributed by atoms with Gasteiger partial charge in [0.05, 0.1) is 0 Å². The van der Waals surface area contributed by atoms with Gasteiger partial charge in [-0.3, -0.25) is 14.4 Å². The lowest BCUT2D eigenvalue weighted by atomic mass is 10.0. The van der Waals surface area contributed by atoms with E-state index < -0.39 is 6.10 Å². The van der Waals surface area contributed by atoms with Gasteiger partial charge in [-0.05, 0) is 70.6 Å². The number of hydrogen-bond acceptors (Lipinski definition) is 6. The van der Waals surface area contributed by atoms with Crippen LogP contribution in [0, 0.1) is 0 Å². The highest BCUT2D eigenvalue weighted by Gasteiger charge is 2.19. The van der Waals surface area contributed by atoms with E-state index in [-0.39, 0.29) is 31.1 Å². The lowest BCUT2D eigenvalue weighted by molar-refractivity contribution is -0.167. The Kier molecular flexibility index (Phi) is 52.8. The Morgan fingerprint density at radius 2 is 0.582 bits per heavy atom. The molecule has 0 amide bonds. The zero-order valence-corrected chi connectivity index (χ0v) is 44.2. The van der Waals surface area contributed by atoms with E-state index >= 15 is 0 Å². The van der Waals surface area contributed by atoms with Crippen LogP contribution in [0.3, 0.4) is 0 Å². The number of rotatable bonds is 51. The molecular weight excluding hydrogens is 829 g/mol. The molecule has 6 heteroatoms. The van der Waals surface area contributed by atoms with Crippen molar-refractivity contribution in [3.8, 4) is 0 Å². The number of ether oxygens (including phenoxy) is 3. The van der Waals surface area contributed by atoms with E-state index in [0.29, 0.717) is 19.3 Å². The number of carbonyl (C=O) groups excluding carboxylic acids is 3. The predicted molar refractivity (Wildman–Crippen MR) is 288 cm³/mol. The molecule has 0 N–H and O–H groups in total. The standard InChI is InChI=1S/C61H106O6/c1-4-7-10-13-16-18-20-21-22-23-24-25-26-27-28-29-30-31-32-33-34-35-36-37-38-39-41-42-45-48-51-54-60(63)66-57-58(56-65-59(62)53-50-47-44-15-12-9-6-3)67-61(64)55-52-49-46-43-40-19-17-14-11-8-5-2/h7,10,16,18,21-22,24-25,27-28,30-31,58H,4-6,8-9,11-15,17,19-20,23,26,29,32-57H2,1-3H3/b10-7-,18-16-,22-21-,25-24-,28-27-,31-30-. The first-order chi connectivity index (χ1) is 33.0.